The van der Waals surface area contributed by atoms with E-state index in [1.54, 1.807) is 0 Å². The van der Waals surface area contributed by atoms with Crippen molar-refractivity contribution in [2.45, 2.75) is 50.8 Å². The Kier molecular flexibility index (Phi) is 4.19. The highest BCUT2D eigenvalue weighted by Crippen LogP contribution is 2.43. The van der Waals surface area contributed by atoms with Crippen LogP contribution in [0.5, 0.6) is 11.5 Å². The van der Waals surface area contributed by atoms with Gasteiger partial charge in [0, 0.05) is 0 Å². The van der Waals surface area contributed by atoms with Gasteiger partial charge < -0.3 is 9.47 Å². The highest BCUT2D eigenvalue weighted by molar-refractivity contribution is 5.46. The fourth-order valence-electron chi connectivity index (χ4n) is 2.92. The van der Waals surface area contributed by atoms with Crippen LogP contribution in [-0.2, 0) is 0 Å². The second kappa shape index (κ2) is 5.97. The second-order valence-corrected chi connectivity index (χ2v) is 6.08. The van der Waals surface area contributed by atoms with E-state index in [2.05, 4.69) is 4.74 Å². The Balaban J connectivity index is 1.88. The van der Waals surface area contributed by atoms with Gasteiger partial charge in [-0.05, 0) is 49.1 Å². The molecule has 2 fully saturated rings. The molecule has 0 unspecified atom stereocenters. The van der Waals surface area contributed by atoms with Crippen molar-refractivity contribution in [1.29, 1.82) is 0 Å². The lowest BCUT2D eigenvalue weighted by Gasteiger charge is -2.18. The van der Waals surface area contributed by atoms with Crippen LogP contribution in [0.4, 0.5) is 17.6 Å². The van der Waals surface area contributed by atoms with Gasteiger partial charge in [-0.25, -0.2) is 4.39 Å². The lowest BCUT2D eigenvalue weighted by Crippen LogP contribution is -2.19. The van der Waals surface area contributed by atoms with Gasteiger partial charge in [-0.2, -0.15) is 0 Å². The smallest absolute Gasteiger partial charge is 0.489 e. The molecule has 2 saturated carbocycles. The highest BCUT2D eigenvalue weighted by atomic mass is 19.4. The van der Waals surface area contributed by atoms with Crippen molar-refractivity contribution in [3.05, 3.63) is 23.5 Å². The topological polar surface area (TPSA) is 18.5 Å². The molecule has 2 aliphatic rings. The van der Waals surface area contributed by atoms with Crippen LogP contribution in [0.2, 0.25) is 0 Å². The summed E-state index contributed by atoms with van der Waals surface area (Å²) in [6, 6.07) is 2.94. The molecule has 0 aromatic heterocycles. The standard InChI is InChI=1S/C16H18F4O2/c17-14-12(11-3-1-2-4-11)7-8-13(21-9-10-5-6-10)15(14)22-16(18,19)20/h7-8,10-11H,1-6,9H2. The minimum atomic E-state index is -4.94. The van der Waals surface area contributed by atoms with Crippen LogP contribution < -0.4 is 9.47 Å². The number of rotatable bonds is 5. The molecule has 0 heterocycles. The summed E-state index contributed by atoms with van der Waals surface area (Å²) in [6.07, 6.45) is 0.595. The van der Waals surface area contributed by atoms with E-state index in [9.17, 15) is 17.6 Å². The van der Waals surface area contributed by atoms with Crippen LogP contribution in [-0.4, -0.2) is 13.0 Å². The monoisotopic (exact) mass is 318 g/mol. The Bertz CT molecular complexity index is 532. The quantitative estimate of drug-likeness (QED) is 0.697. The minimum Gasteiger partial charge on any atom is -0.489 e. The van der Waals surface area contributed by atoms with Crippen LogP contribution in [0, 0.1) is 11.7 Å². The van der Waals surface area contributed by atoms with Gasteiger partial charge in [0.05, 0.1) is 6.61 Å². The molecule has 0 bridgehead atoms. The maximum atomic E-state index is 14.6. The zero-order valence-electron chi connectivity index (χ0n) is 12.1. The number of benzene rings is 1. The van der Waals surface area contributed by atoms with E-state index in [0.29, 0.717) is 18.1 Å². The van der Waals surface area contributed by atoms with Crippen LogP contribution in [0.25, 0.3) is 0 Å². The number of halogens is 4. The maximum absolute atomic E-state index is 14.6. The maximum Gasteiger partial charge on any atom is 0.573 e. The van der Waals surface area contributed by atoms with E-state index in [-0.39, 0.29) is 11.7 Å². The number of alkyl halides is 3. The Morgan fingerprint density at radius 3 is 2.32 bits per heavy atom. The summed E-state index contributed by atoms with van der Waals surface area (Å²) in [5.41, 5.74) is 0.301. The predicted octanol–water partition coefficient (Wildman–Crippen LogP) is 5.17. The summed E-state index contributed by atoms with van der Waals surface area (Å²) < 4.78 is 61.5. The number of ether oxygens (including phenoxy) is 2. The third-order valence-corrected chi connectivity index (χ3v) is 4.28. The lowest BCUT2D eigenvalue weighted by molar-refractivity contribution is -0.276. The van der Waals surface area contributed by atoms with E-state index >= 15 is 0 Å². The molecule has 6 heteroatoms. The second-order valence-electron chi connectivity index (χ2n) is 6.08. The molecule has 2 aliphatic carbocycles. The van der Waals surface area contributed by atoms with Crippen molar-refractivity contribution in [2.75, 3.05) is 6.61 Å². The summed E-state index contributed by atoms with van der Waals surface area (Å²) in [7, 11) is 0. The lowest BCUT2D eigenvalue weighted by atomic mass is 9.96. The van der Waals surface area contributed by atoms with Gasteiger partial charge in [0.1, 0.15) is 0 Å². The summed E-state index contributed by atoms with van der Waals surface area (Å²) in [4.78, 5) is 0. The third kappa shape index (κ3) is 3.65. The molecule has 0 N–H and O–H groups in total. The SMILES string of the molecule is Fc1c(C2CCCC2)ccc(OCC2CC2)c1OC(F)(F)F. The predicted molar refractivity (Wildman–Crippen MR) is 72.5 cm³/mol. The molecule has 3 rings (SSSR count). The van der Waals surface area contributed by atoms with E-state index in [1.807, 2.05) is 0 Å². The molecular weight excluding hydrogens is 300 g/mol. The Hall–Kier alpha value is -1.46. The van der Waals surface area contributed by atoms with E-state index in [4.69, 9.17) is 4.74 Å². The van der Waals surface area contributed by atoms with E-state index < -0.39 is 17.9 Å². The summed E-state index contributed by atoms with van der Waals surface area (Å²) in [5.74, 6) is -1.59. The van der Waals surface area contributed by atoms with Crippen molar-refractivity contribution >= 4 is 0 Å². The summed E-state index contributed by atoms with van der Waals surface area (Å²) >= 11 is 0. The fraction of sp³-hybridized carbons (Fsp3) is 0.625. The van der Waals surface area contributed by atoms with Crippen molar-refractivity contribution in [3.8, 4) is 11.5 Å². The van der Waals surface area contributed by atoms with Crippen molar-refractivity contribution in [1.82, 2.24) is 0 Å². The molecular formula is C16H18F4O2. The number of hydrogen-bond donors (Lipinski definition) is 0. The molecule has 0 atom stereocenters. The molecule has 2 nitrogen and oxygen atoms in total. The van der Waals surface area contributed by atoms with Gasteiger partial charge >= 0.3 is 6.36 Å². The summed E-state index contributed by atoms with van der Waals surface area (Å²) in [5, 5.41) is 0. The molecule has 0 aliphatic heterocycles. The Labute approximate surface area is 126 Å². The van der Waals surface area contributed by atoms with Crippen molar-refractivity contribution < 1.29 is 27.0 Å². The normalized spacial score (nSPS) is 19.5. The Morgan fingerprint density at radius 2 is 1.73 bits per heavy atom. The van der Waals surface area contributed by atoms with E-state index in [0.717, 1.165) is 38.5 Å². The molecule has 1 aromatic rings. The molecule has 122 valence electrons. The van der Waals surface area contributed by atoms with Crippen LogP contribution in [0.1, 0.15) is 50.0 Å². The first kappa shape index (κ1) is 15.4. The first-order valence-corrected chi connectivity index (χ1v) is 7.65. The van der Waals surface area contributed by atoms with Crippen LogP contribution >= 0.6 is 0 Å². The Morgan fingerprint density at radius 1 is 1.05 bits per heavy atom. The number of hydrogen-bond acceptors (Lipinski definition) is 2. The largest absolute Gasteiger partial charge is 0.573 e. The fourth-order valence-corrected chi connectivity index (χ4v) is 2.92. The molecule has 0 spiro atoms. The van der Waals surface area contributed by atoms with Crippen LogP contribution in [0.3, 0.4) is 0 Å². The third-order valence-electron chi connectivity index (χ3n) is 4.28. The first-order valence-electron chi connectivity index (χ1n) is 7.65. The van der Waals surface area contributed by atoms with Gasteiger partial charge in [0.15, 0.2) is 11.6 Å². The van der Waals surface area contributed by atoms with Gasteiger partial charge in [-0.3, -0.25) is 0 Å². The first-order chi connectivity index (χ1) is 10.4. The average Bonchev–Trinajstić information content (AvgIpc) is 3.11. The average molecular weight is 318 g/mol. The van der Waals surface area contributed by atoms with Gasteiger partial charge in [-0.1, -0.05) is 18.9 Å². The van der Waals surface area contributed by atoms with Gasteiger partial charge in [-0.15, -0.1) is 13.2 Å². The van der Waals surface area contributed by atoms with Crippen molar-refractivity contribution in [2.24, 2.45) is 5.92 Å². The molecule has 1 aromatic carbocycles. The molecule has 0 radical (unpaired) electrons. The molecule has 0 saturated heterocycles. The zero-order chi connectivity index (χ0) is 15.7. The van der Waals surface area contributed by atoms with Gasteiger partial charge in [0.25, 0.3) is 0 Å². The zero-order valence-corrected chi connectivity index (χ0v) is 12.1. The van der Waals surface area contributed by atoms with E-state index in [1.165, 1.54) is 12.1 Å². The van der Waals surface area contributed by atoms with Gasteiger partial charge in [0.2, 0.25) is 5.75 Å². The minimum absolute atomic E-state index is 0.0342. The molecule has 22 heavy (non-hydrogen) atoms. The van der Waals surface area contributed by atoms with Crippen LogP contribution in [0.15, 0.2) is 12.1 Å². The summed E-state index contributed by atoms with van der Waals surface area (Å²) in [6.45, 7) is 0.302. The highest BCUT2D eigenvalue weighted by Gasteiger charge is 2.36. The van der Waals surface area contributed by atoms with Crippen molar-refractivity contribution in [3.63, 3.8) is 0 Å². The molecule has 0 amide bonds.